The maximum absolute atomic E-state index is 13.8. The van der Waals surface area contributed by atoms with E-state index in [1.807, 2.05) is 79.7 Å². The second kappa shape index (κ2) is 10.3. The van der Waals surface area contributed by atoms with Crippen molar-refractivity contribution in [2.75, 3.05) is 22.9 Å². The van der Waals surface area contributed by atoms with E-state index in [0.717, 1.165) is 60.4 Å². The molecule has 1 aliphatic heterocycles. The van der Waals surface area contributed by atoms with Crippen LogP contribution in [0.2, 0.25) is 0 Å². The predicted octanol–water partition coefficient (Wildman–Crippen LogP) is 5.28. The van der Waals surface area contributed by atoms with E-state index in [4.69, 9.17) is 20.4 Å². The summed E-state index contributed by atoms with van der Waals surface area (Å²) in [7, 11) is 0. The summed E-state index contributed by atoms with van der Waals surface area (Å²) in [6, 6.07) is 15.9. The Morgan fingerprint density at radius 2 is 1.60 bits per heavy atom. The topological polar surface area (TPSA) is 114 Å². The number of anilines is 3. The summed E-state index contributed by atoms with van der Waals surface area (Å²) in [6.07, 6.45) is 8.48. The zero-order valence-electron chi connectivity index (χ0n) is 24.2. The molecular weight excluding hydrogens is 528 g/mol. The molecule has 4 fully saturated rings. The Balaban J connectivity index is 1.07. The molecule has 4 aliphatic carbocycles. The zero-order chi connectivity index (χ0) is 29.0. The van der Waals surface area contributed by atoms with Crippen molar-refractivity contribution in [3.63, 3.8) is 0 Å². The summed E-state index contributed by atoms with van der Waals surface area (Å²) in [6.45, 7) is 5.11. The lowest BCUT2D eigenvalue weighted by Gasteiger charge is -2.59. The fourth-order valence-electron chi connectivity index (χ4n) is 8.17. The molecule has 5 atom stereocenters. The van der Waals surface area contributed by atoms with Crippen molar-refractivity contribution in [1.82, 2.24) is 15.3 Å². The van der Waals surface area contributed by atoms with Crippen LogP contribution < -0.4 is 25.6 Å². The Bertz CT molecular complexity index is 1470. The van der Waals surface area contributed by atoms with Crippen LogP contribution in [-0.4, -0.2) is 47.1 Å². The predicted molar refractivity (Wildman–Crippen MR) is 162 cm³/mol. The molecular formula is C33H38N6O3. The van der Waals surface area contributed by atoms with Gasteiger partial charge in [-0.2, -0.15) is 0 Å². The van der Waals surface area contributed by atoms with Crippen molar-refractivity contribution in [2.45, 2.75) is 58.1 Å². The van der Waals surface area contributed by atoms with Gasteiger partial charge >= 0.3 is 6.03 Å². The number of fused-ring (bicyclic) bond motifs is 1. The summed E-state index contributed by atoms with van der Waals surface area (Å²) in [5.74, 6) is 2.47. The van der Waals surface area contributed by atoms with Gasteiger partial charge in [0.25, 0.3) is 0 Å². The quantitative estimate of drug-likeness (QED) is 0.420. The van der Waals surface area contributed by atoms with E-state index >= 15 is 0 Å². The summed E-state index contributed by atoms with van der Waals surface area (Å²) in [5.41, 5.74) is 9.20. The van der Waals surface area contributed by atoms with E-state index in [0.29, 0.717) is 36.8 Å². The average molecular weight is 567 g/mol. The maximum Gasteiger partial charge on any atom is 0.322 e. The number of hydrogen-bond donors (Lipinski definition) is 2. The van der Waals surface area contributed by atoms with Gasteiger partial charge in [0, 0.05) is 42.5 Å². The number of nitrogens with two attached hydrogens (primary N) is 1. The molecule has 3 unspecified atom stereocenters. The SMILES string of the molecule is CC(C)Oc1ccc(-c2cnc(N3CCN(C(=O)NC4[C@@H]5CC6C[C@H]4CC(C(N)=O)(C6)C5)c4ccccc43)nc2)cc1. The molecule has 2 heterocycles. The number of rotatable bonds is 6. The lowest BCUT2D eigenvalue weighted by atomic mass is 9.47. The number of nitrogens with one attached hydrogen (secondary N) is 1. The van der Waals surface area contributed by atoms with E-state index in [2.05, 4.69) is 10.2 Å². The summed E-state index contributed by atoms with van der Waals surface area (Å²) in [4.78, 5) is 39.4. The highest BCUT2D eigenvalue weighted by Crippen LogP contribution is 2.60. The number of urea groups is 1. The third-order valence-electron chi connectivity index (χ3n) is 9.78. The van der Waals surface area contributed by atoms with Crippen LogP contribution in [0.4, 0.5) is 22.1 Å². The van der Waals surface area contributed by atoms with Crippen LogP contribution in [0.3, 0.4) is 0 Å². The fraction of sp³-hybridized carbons (Fsp3) is 0.455. The van der Waals surface area contributed by atoms with Gasteiger partial charge in [0.1, 0.15) is 5.75 Å². The van der Waals surface area contributed by atoms with Crippen LogP contribution in [0, 0.1) is 23.2 Å². The Morgan fingerprint density at radius 3 is 2.24 bits per heavy atom. The van der Waals surface area contributed by atoms with Gasteiger partial charge in [0.15, 0.2) is 0 Å². The number of carbonyl (C=O) groups is 2. The number of hydrogen-bond acceptors (Lipinski definition) is 6. The smallest absolute Gasteiger partial charge is 0.322 e. The Kier molecular flexibility index (Phi) is 6.55. The molecule has 0 spiro atoms. The molecule has 9 heteroatoms. The van der Waals surface area contributed by atoms with Gasteiger partial charge in [-0.25, -0.2) is 14.8 Å². The standard InChI is InChI=1S/C33H38N6O3/c1-20(2)42-26-9-7-22(8-10-26)25-18-35-31(36-19-25)38-11-12-39(28-6-4-3-5-27(28)38)32(41)37-29-23-13-21-14-24(29)17-33(15-21,16-23)30(34)40/h3-10,18-21,23-24,29H,11-17H2,1-2H3,(H2,34,40)(H,37,41)/t21?,23-,24+,29?,33?. The molecule has 9 nitrogen and oxygen atoms in total. The van der Waals surface area contributed by atoms with Crippen LogP contribution in [0.1, 0.15) is 46.0 Å². The molecule has 8 rings (SSSR count). The Hall–Kier alpha value is -4.14. The van der Waals surface area contributed by atoms with Gasteiger partial charge in [-0.3, -0.25) is 9.69 Å². The number of para-hydroxylation sites is 2. The normalized spacial score (nSPS) is 27.6. The number of carbonyl (C=O) groups excluding carboxylic acids is 2. The molecule has 1 aromatic heterocycles. The Morgan fingerprint density at radius 1 is 0.929 bits per heavy atom. The first-order chi connectivity index (χ1) is 20.3. The molecule has 3 amide bonds. The van der Waals surface area contributed by atoms with E-state index in [9.17, 15) is 9.59 Å². The largest absolute Gasteiger partial charge is 0.491 e. The highest BCUT2D eigenvalue weighted by Gasteiger charge is 2.58. The van der Waals surface area contributed by atoms with Crippen molar-refractivity contribution in [1.29, 1.82) is 0 Å². The summed E-state index contributed by atoms with van der Waals surface area (Å²) >= 11 is 0. The van der Waals surface area contributed by atoms with Gasteiger partial charge in [-0.1, -0.05) is 24.3 Å². The number of primary amides is 1. The minimum absolute atomic E-state index is 0.0751. The van der Waals surface area contributed by atoms with Gasteiger partial charge in [0.05, 0.1) is 17.5 Å². The minimum atomic E-state index is -0.364. The van der Waals surface area contributed by atoms with E-state index < -0.39 is 0 Å². The fourth-order valence-corrected chi connectivity index (χ4v) is 8.17. The van der Waals surface area contributed by atoms with E-state index in [-0.39, 0.29) is 29.5 Å². The van der Waals surface area contributed by atoms with Crippen LogP contribution in [-0.2, 0) is 4.79 Å². The van der Waals surface area contributed by atoms with Crippen molar-refractivity contribution in [3.05, 3.63) is 60.9 Å². The van der Waals surface area contributed by atoms with E-state index in [1.165, 1.54) is 0 Å². The molecule has 3 N–H and O–H groups in total. The first kappa shape index (κ1) is 26.7. The van der Waals surface area contributed by atoms with Crippen LogP contribution in [0.5, 0.6) is 5.75 Å². The highest BCUT2D eigenvalue weighted by molar-refractivity contribution is 5.98. The number of amides is 3. The lowest BCUT2D eigenvalue weighted by molar-refractivity contribution is -0.145. The summed E-state index contributed by atoms with van der Waals surface area (Å²) < 4.78 is 5.76. The summed E-state index contributed by atoms with van der Waals surface area (Å²) in [5, 5.41) is 3.40. The maximum atomic E-state index is 13.8. The third-order valence-corrected chi connectivity index (χ3v) is 9.78. The third kappa shape index (κ3) is 4.64. The Labute approximate surface area is 246 Å². The van der Waals surface area contributed by atoms with Crippen LogP contribution in [0.25, 0.3) is 11.1 Å². The molecule has 0 radical (unpaired) electrons. The molecule has 4 bridgehead atoms. The lowest BCUT2D eigenvalue weighted by Crippen LogP contribution is -2.63. The molecule has 42 heavy (non-hydrogen) atoms. The number of ether oxygens (including phenoxy) is 1. The van der Waals surface area contributed by atoms with Crippen LogP contribution >= 0.6 is 0 Å². The molecule has 2 aromatic carbocycles. The van der Waals surface area contributed by atoms with Crippen molar-refractivity contribution in [3.8, 4) is 16.9 Å². The second-order valence-electron chi connectivity index (χ2n) is 12.8. The number of aromatic nitrogens is 2. The molecule has 0 saturated heterocycles. The number of benzene rings is 2. The molecule has 4 saturated carbocycles. The first-order valence-corrected chi connectivity index (χ1v) is 15.1. The van der Waals surface area contributed by atoms with E-state index in [1.54, 1.807) is 0 Å². The van der Waals surface area contributed by atoms with Crippen LogP contribution in [0.15, 0.2) is 60.9 Å². The highest BCUT2D eigenvalue weighted by atomic mass is 16.5. The zero-order valence-corrected chi connectivity index (χ0v) is 24.2. The van der Waals surface area contributed by atoms with Gasteiger partial charge in [-0.05, 0) is 93.5 Å². The first-order valence-electron chi connectivity index (χ1n) is 15.1. The monoisotopic (exact) mass is 566 g/mol. The average Bonchev–Trinajstić information content (AvgIpc) is 2.98. The van der Waals surface area contributed by atoms with Gasteiger partial charge < -0.3 is 20.7 Å². The molecule has 218 valence electrons. The molecule has 5 aliphatic rings. The van der Waals surface area contributed by atoms with Gasteiger partial charge in [-0.15, -0.1) is 0 Å². The van der Waals surface area contributed by atoms with Crippen molar-refractivity contribution in [2.24, 2.45) is 28.9 Å². The van der Waals surface area contributed by atoms with Crippen molar-refractivity contribution >= 4 is 29.3 Å². The number of nitrogens with zero attached hydrogens (tertiary/aromatic N) is 4. The van der Waals surface area contributed by atoms with Gasteiger partial charge in [0.2, 0.25) is 11.9 Å². The molecule has 3 aromatic rings. The van der Waals surface area contributed by atoms with Crippen molar-refractivity contribution < 1.29 is 14.3 Å². The second-order valence-corrected chi connectivity index (χ2v) is 12.8. The minimum Gasteiger partial charge on any atom is -0.491 e.